The Hall–Kier alpha value is -2.50. The Labute approximate surface area is 170 Å². The van der Waals surface area contributed by atoms with Crippen molar-refractivity contribution in [3.8, 4) is 0 Å². The Kier molecular flexibility index (Phi) is 4.52. The fourth-order valence-corrected chi connectivity index (χ4v) is 5.47. The zero-order valence-corrected chi connectivity index (χ0v) is 17.2. The molecule has 0 radical (unpaired) electrons. The van der Waals surface area contributed by atoms with E-state index in [0.29, 0.717) is 14.2 Å². The van der Waals surface area contributed by atoms with Crippen molar-refractivity contribution in [2.75, 3.05) is 13.1 Å². The summed E-state index contributed by atoms with van der Waals surface area (Å²) in [7, 11) is 0.351. The van der Waals surface area contributed by atoms with E-state index < -0.39 is 0 Å². The number of likely N-dealkylation sites (tertiary alicyclic amines) is 1. The number of carbonyl (C=O) groups excluding carboxylic acids is 1. The van der Waals surface area contributed by atoms with Crippen molar-refractivity contribution in [3.05, 3.63) is 65.7 Å². The Morgan fingerprint density at radius 2 is 2.07 bits per heavy atom. The number of imidazole rings is 1. The summed E-state index contributed by atoms with van der Waals surface area (Å²) in [5.74, 6) is -0.468. The van der Waals surface area contributed by atoms with Gasteiger partial charge in [-0.05, 0) is 37.2 Å². The second-order valence-electron chi connectivity index (χ2n) is 7.82. The standard InChI is InChI=1S/C21H23FN5OP/c1-13-10-26-11-14(8-17(22)21(26)24-13)18-9-19(28)27-12-16(2-3-20(27)29-18)25-6-4-15(23)5-7-25/h2-3,8-12,15,20,29H,4-7,23H2,1H3. The number of fused-ring (bicyclic) bond motifs is 2. The van der Waals surface area contributed by atoms with Gasteiger partial charge in [0.15, 0.2) is 11.5 Å². The predicted octanol–water partition coefficient (Wildman–Crippen LogP) is 2.80. The third kappa shape index (κ3) is 3.38. The molecule has 2 atom stereocenters. The molecule has 0 spiro atoms. The summed E-state index contributed by atoms with van der Waals surface area (Å²) in [6, 6.07) is 1.75. The van der Waals surface area contributed by atoms with Gasteiger partial charge in [-0.25, -0.2) is 9.37 Å². The Bertz CT molecular complexity index is 1080. The van der Waals surface area contributed by atoms with Gasteiger partial charge in [0, 0.05) is 49.4 Å². The number of piperidine rings is 1. The van der Waals surface area contributed by atoms with Gasteiger partial charge in [0.2, 0.25) is 0 Å². The van der Waals surface area contributed by atoms with Gasteiger partial charge >= 0.3 is 0 Å². The molecule has 0 aromatic carbocycles. The van der Waals surface area contributed by atoms with E-state index in [2.05, 4.69) is 22.0 Å². The molecule has 0 aliphatic carbocycles. The molecule has 2 aromatic heterocycles. The topological polar surface area (TPSA) is 66.9 Å². The van der Waals surface area contributed by atoms with Crippen molar-refractivity contribution < 1.29 is 9.18 Å². The molecule has 1 saturated heterocycles. The van der Waals surface area contributed by atoms with Crippen molar-refractivity contribution in [2.24, 2.45) is 5.73 Å². The summed E-state index contributed by atoms with van der Waals surface area (Å²) < 4.78 is 16.2. The van der Waals surface area contributed by atoms with Crippen LogP contribution in [0.25, 0.3) is 11.0 Å². The van der Waals surface area contributed by atoms with E-state index in [1.807, 2.05) is 19.3 Å². The first-order chi connectivity index (χ1) is 14.0. The van der Waals surface area contributed by atoms with Gasteiger partial charge in [-0.2, -0.15) is 0 Å². The molecule has 2 N–H and O–H groups in total. The molecule has 3 aliphatic rings. The average molecular weight is 411 g/mol. The molecule has 3 aliphatic heterocycles. The lowest BCUT2D eigenvalue weighted by Gasteiger charge is -2.38. The van der Waals surface area contributed by atoms with Crippen LogP contribution in [0, 0.1) is 12.7 Å². The molecular formula is C21H23FN5OP. The van der Waals surface area contributed by atoms with E-state index >= 15 is 0 Å². The summed E-state index contributed by atoms with van der Waals surface area (Å²) in [5, 5.41) is 0.869. The van der Waals surface area contributed by atoms with Crippen LogP contribution in [-0.2, 0) is 4.79 Å². The fraction of sp³-hybridized carbons (Fsp3) is 0.333. The van der Waals surface area contributed by atoms with E-state index in [0.717, 1.165) is 48.2 Å². The highest BCUT2D eigenvalue weighted by Crippen LogP contribution is 2.45. The van der Waals surface area contributed by atoms with Crippen molar-refractivity contribution in [2.45, 2.75) is 31.6 Å². The van der Waals surface area contributed by atoms with Crippen LogP contribution in [0.2, 0.25) is 0 Å². The number of halogens is 1. The van der Waals surface area contributed by atoms with Crippen LogP contribution in [-0.4, -0.2) is 50.0 Å². The highest BCUT2D eigenvalue weighted by Gasteiger charge is 2.30. The van der Waals surface area contributed by atoms with Crippen LogP contribution in [0.3, 0.4) is 0 Å². The summed E-state index contributed by atoms with van der Waals surface area (Å²) in [6.45, 7) is 3.66. The number of aromatic nitrogens is 2. The minimum absolute atomic E-state index is 0.0263. The number of hydrogen-bond donors (Lipinski definition) is 1. The molecule has 0 saturated carbocycles. The van der Waals surface area contributed by atoms with E-state index in [9.17, 15) is 9.18 Å². The fourth-order valence-electron chi connectivity index (χ4n) is 4.10. The van der Waals surface area contributed by atoms with Crippen molar-refractivity contribution in [1.29, 1.82) is 0 Å². The van der Waals surface area contributed by atoms with Gasteiger partial charge in [-0.3, -0.25) is 4.79 Å². The van der Waals surface area contributed by atoms with Crippen molar-refractivity contribution in [1.82, 2.24) is 19.2 Å². The maximum atomic E-state index is 14.5. The largest absolute Gasteiger partial charge is 0.370 e. The Morgan fingerprint density at radius 3 is 2.86 bits per heavy atom. The minimum atomic E-state index is -0.374. The molecule has 5 heterocycles. The van der Waals surface area contributed by atoms with Gasteiger partial charge in [0.1, 0.15) is 0 Å². The lowest BCUT2D eigenvalue weighted by molar-refractivity contribution is -0.123. The SMILES string of the molecule is Cc1cn2cc(C3=CC(=O)N4C=C(N5CCC(N)CC5)C=CC4P3)cc(F)c2n1. The van der Waals surface area contributed by atoms with Gasteiger partial charge in [0.25, 0.3) is 5.91 Å². The van der Waals surface area contributed by atoms with Gasteiger partial charge < -0.3 is 19.9 Å². The van der Waals surface area contributed by atoms with Crippen LogP contribution >= 0.6 is 8.58 Å². The lowest BCUT2D eigenvalue weighted by Crippen LogP contribution is -2.42. The monoisotopic (exact) mass is 411 g/mol. The molecule has 1 amide bonds. The third-order valence-electron chi connectivity index (χ3n) is 5.69. The van der Waals surface area contributed by atoms with E-state index in [1.165, 1.54) is 6.07 Å². The summed E-state index contributed by atoms with van der Waals surface area (Å²) in [6.07, 6.45) is 13.4. The number of carbonyl (C=O) groups is 1. The number of amides is 1. The third-order valence-corrected chi connectivity index (χ3v) is 7.20. The summed E-state index contributed by atoms with van der Waals surface area (Å²) in [4.78, 5) is 21.2. The first kappa shape index (κ1) is 18.5. The highest BCUT2D eigenvalue weighted by molar-refractivity contribution is 7.51. The number of rotatable bonds is 2. The van der Waals surface area contributed by atoms with Crippen molar-refractivity contribution >= 4 is 25.4 Å². The number of allylic oxidation sites excluding steroid dienone is 1. The van der Waals surface area contributed by atoms with Gasteiger partial charge in [0.05, 0.1) is 17.2 Å². The summed E-state index contributed by atoms with van der Waals surface area (Å²) in [5.41, 5.74) is 8.86. The minimum Gasteiger partial charge on any atom is -0.370 e. The maximum Gasteiger partial charge on any atom is 0.252 e. The van der Waals surface area contributed by atoms with E-state index in [4.69, 9.17) is 5.73 Å². The van der Waals surface area contributed by atoms with Crippen LogP contribution < -0.4 is 5.73 Å². The number of nitrogens with two attached hydrogens (primary N) is 1. The molecule has 2 aromatic rings. The Morgan fingerprint density at radius 1 is 1.28 bits per heavy atom. The van der Waals surface area contributed by atoms with E-state index in [1.54, 1.807) is 21.6 Å². The molecule has 1 fully saturated rings. The molecule has 5 rings (SSSR count). The second-order valence-corrected chi connectivity index (χ2v) is 9.24. The van der Waals surface area contributed by atoms with E-state index in [-0.39, 0.29) is 23.5 Å². The van der Waals surface area contributed by atoms with Crippen molar-refractivity contribution in [3.63, 3.8) is 0 Å². The molecule has 150 valence electrons. The molecule has 0 bridgehead atoms. The number of nitrogens with zero attached hydrogens (tertiary/aromatic N) is 4. The van der Waals surface area contributed by atoms with Gasteiger partial charge in [-0.1, -0.05) is 14.7 Å². The molecule has 8 heteroatoms. The Balaban J connectivity index is 1.42. The number of aryl methyl sites for hydroxylation is 1. The maximum absolute atomic E-state index is 14.5. The van der Waals surface area contributed by atoms with Crippen LogP contribution in [0.15, 0.2) is 48.6 Å². The molecule has 29 heavy (non-hydrogen) atoms. The van der Waals surface area contributed by atoms with Gasteiger partial charge in [-0.15, -0.1) is 0 Å². The quantitative estimate of drug-likeness (QED) is 0.772. The molecular weight excluding hydrogens is 388 g/mol. The predicted molar refractivity (Wildman–Crippen MR) is 113 cm³/mol. The van der Waals surface area contributed by atoms with Crippen LogP contribution in [0.1, 0.15) is 24.1 Å². The first-order valence-electron chi connectivity index (χ1n) is 9.84. The first-order valence-corrected chi connectivity index (χ1v) is 10.9. The molecule has 2 unspecified atom stereocenters. The van der Waals surface area contributed by atoms with Crippen LogP contribution in [0.5, 0.6) is 0 Å². The molecule has 6 nitrogen and oxygen atoms in total. The lowest BCUT2D eigenvalue weighted by atomic mass is 10.1. The average Bonchev–Trinajstić information content (AvgIpc) is 3.09. The second kappa shape index (κ2) is 7.08. The van der Waals surface area contributed by atoms with Crippen LogP contribution in [0.4, 0.5) is 4.39 Å². The number of pyridine rings is 1. The smallest absolute Gasteiger partial charge is 0.252 e. The normalized spacial score (nSPS) is 23.6. The zero-order valence-electron chi connectivity index (χ0n) is 16.2. The highest BCUT2D eigenvalue weighted by atomic mass is 31.1. The number of hydrogen-bond acceptors (Lipinski definition) is 4. The zero-order chi connectivity index (χ0) is 20.1. The summed E-state index contributed by atoms with van der Waals surface area (Å²) >= 11 is 0.